The molecule has 4 heteroatoms. The quantitative estimate of drug-likeness (QED) is 0.536. The lowest BCUT2D eigenvalue weighted by Gasteiger charge is -2.27. The van der Waals surface area contributed by atoms with Gasteiger partial charge in [0.25, 0.3) is 0 Å². The van der Waals surface area contributed by atoms with Gasteiger partial charge in [-0.25, -0.2) is 0 Å². The van der Waals surface area contributed by atoms with Crippen molar-refractivity contribution in [2.45, 2.75) is 25.7 Å². The molecule has 0 aromatic carbocycles. The van der Waals surface area contributed by atoms with Crippen LogP contribution >= 0.6 is 11.6 Å². The van der Waals surface area contributed by atoms with Gasteiger partial charge in [-0.1, -0.05) is 12.8 Å². The van der Waals surface area contributed by atoms with E-state index in [0.717, 1.165) is 25.7 Å². The largest absolute Gasteiger partial charge is 0.469 e. The lowest BCUT2D eigenvalue weighted by Crippen LogP contribution is -2.34. The summed E-state index contributed by atoms with van der Waals surface area (Å²) in [5.41, 5.74) is 0. The van der Waals surface area contributed by atoms with Crippen LogP contribution in [0.25, 0.3) is 0 Å². The molecule has 0 bridgehead atoms. The maximum absolute atomic E-state index is 11.5. The first kappa shape index (κ1) is 11.5. The van der Waals surface area contributed by atoms with E-state index in [2.05, 4.69) is 4.74 Å². The number of methoxy groups -OCH3 is 1. The first-order chi connectivity index (χ1) is 6.70. The van der Waals surface area contributed by atoms with E-state index < -0.39 is 0 Å². The predicted molar refractivity (Wildman–Crippen MR) is 53.2 cm³/mol. The molecule has 1 saturated carbocycles. The van der Waals surface area contributed by atoms with E-state index in [0.29, 0.717) is 0 Å². The zero-order chi connectivity index (χ0) is 10.6. The van der Waals surface area contributed by atoms with E-state index in [4.69, 9.17) is 11.6 Å². The molecule has 80 valence electrons. The third kappa shape index (κ3) is 2.47. The van der Waals surface area contributed by atoms with Crippen LogP contribution in [0.3, 0.4) is 0 Å². The summed E-state index contributed by atoms with van der Waals surface area (Å²) in [5, 5.41) is 0. The van der Waals surface area contributed by atoms with Crippen molar-refractivity contribution < 1.29 is 14.3 Å². The van der Waals surface area contributed by atoms with Crippen LogP contribution in [-0.2, 0) is 14.3 Å². The number of halogens is 1. The van der Waals surface area contributed by atoms with Gasteiger partial charge in [0.1, 0.15) is 0 Å². The number of carbonyl (C=O) groups is 2. The molecule has 0 aliphatic heterocycles. The van der Waals surface area contributed by atoms with E-state index in [1.807, 2.05) is 0 Å². The monoisotopic (exact) mass is 218 g/mol. The van der Waals surface area contributed by atoms with Gasteiger partial charge in [0.15, 0.2) is 5.78 Å². The van der Waals surface area contributed by atoms with E-state index in [-0.39, 0.29) is 29.5 Å². The molecule has 0 spiro atoms. The minimum absolute atomic E-state index is 0.00182. The molecular formula is C10H15ClO3. The molecule has 0 aromatic heterocycles. The van der Waals surface area contributed by atoms with Gasteiger partial charge >= 0.3 is 5.97 Å². The van der Waals surface area contributed by atoms with Gasteiger partial charge in [-0.15, -0.1) is 11.6 Å². The summed E-state index contributed by atoms with van der Waals surface area (Å²) in [6.45, 7) is 0. The van der Waals surface area contributed by atoms with Crippen LogP contribution in [0, 0.1) is 11.8 Å². The normalized spacial score (nSPS) is 27.0. The Balaban J connectivity index is 2.68. The van der Waals surface area contributed by atoms with Crippen LogP contribution in [0.4, 0.5) is 0 Å². The molecular weight excluding hydrogens is 204 g/mol. The fourth-order valence-electron chi connectivity index (χ4n) is 2.05. The number of hydrogen-bond donors (Lipinski definition) is 0. The number of Topliss-reactive ketones (excluding diaryl/α,β-unsaturated/α-hetero) is 1. The van der Waals surface area contributed by atoms with Gasteiger partial charge in [0.05, 0.1) is 18.9 Å². The molecule has 14 heavy (non-hydrogen) atoms. The van der Waals surface area contributed by atoms with Gasteiger partial charge in [-0.3, -0.25) is 9.59 Å². The lowest BCUT2D eigenvalue weighted by molar-refractivity contribution is -0.151. The van der Waals surface area contributed by atoms with E-state index in [1.165, 1.54) is 7.11 Å². The van der Waals surface area contributed by atoms with E-state index in [9.17, 15) is 9.59 Å². The molecule has 2 unspecified atom stereocenters. The Labute approximate surface area is 88.8 Å². The minimum Gasteiger partial charge on any atom is -0.469 e. The summed E-state index contributed by atoms with van der Waals surface area (Å²) in [5.74, 6) is -0.776. The van der Waals surface area contributed by atoms with Crippen molar-refractivity contribution in [1.29, 1.82) is 0 Å². The van der Waals surface area contributed by atoms with Gasteiger partial charge in [0.2, 0.25) is 0 Å². The second-order valence-corrected chi connectivity index (χ2v) is 3.89. The SMILES string of the molecule is COC(=O)C1CCCCC1C(=O)CCl. The fourth-order valence-corrected chi connectivity index (χ4v) is 2.25. The third-order valence-electron chi connectivity index (χ3n) is 2.82. The first-order valence-electron chi connectivity index (χ1n) is 4.87. The van der Waals surface area contributed by atoms with Gasteiger partial charge in [0, 0.05) is 5.92 Å². The second kappa shape index (κ2) is 5.35. The molecule has 0 amide bonds. The smallest absolute Gasteiger partial charge is 0.309 e. The van der Waals surface area contributed by atoms with Crippen LogP contribution in [0.1, 0.15) is 25.7 Å². The highest BCUT2D eigenvalue weighted by Gasteiger charge is 2.35. The van der Waals surface area contributed by atoms with Crippen LogP contribution < -0.4 is 0 Å². The van der Waals surface area contributed by atoms with Crippen LogP contribution in [0.15, 0.2) is 0 Å². The minimum atomic E-state index is -0.270. The third-order valence-corrected chi connectivity index (χ3v) is 3.08. The highest BCUT2D eigenvalue weighted by molar-refractivity contribution is 6.28. The number of rotatable bonds is 3. The van der Waals surface area contributed by atoms with Crippen molar-refractivity contribution in [1.82, 2.24) is 0 Å². The average molecular weight is 219 g/mol. The van der Waals surface area contributed by atoms with Gasteiger partial charge < -0.3 is 4.74 Å². The molecule has 0 N–H and O–H groups in total. The van der Waals surface area contributed by atoms with Crippen molar-refractivity contribution in [3.05, 3.63) is 0 Å². The molecule has 0 radical (unpaired) electrons. The van der Waals surface area contributed by atoms with Crippen molar-refractivity contribution in [2.75, 3.05) is 13.0 Å². The highest BCUT2D eigenvalue weighted by Crippen LogP contribution is 2.31. The average Bonchev–Trinajstić information content (AvgIpc) is 2.27. The number of esters is 1. The topological polar surface area (TPSA) is 43.4 Å². The Morgan fingerprint density at radius 3 is 2.36 bits per heavy atom. The molecule has 0 aromatic rings. The predicted octanol–water partition coefficient (Wildman–Crippen LogP) is 1.77. The number of alkyl halides is 1. The van der Waals surface area contributed by atoms with Crippen molar-refractivity contribution >= 4 is 23.4 Å². The van der Waals surface area contributed by atoms with Crippen molar-refractivity contribution in [3.8, 4) is 0 Å². The molecule has 1 fully saturated rings. The second-order valence-electron chi connectivity index (χ2n) is 3.62. The maximum Gasteiger partial charge on any atom is 0.309 e. The molecule has 2 atom stereocenters. The Kier molecular flexibility index (Phi) is 4.39. The highest BCUT2D eigenvalue weighted by atomic mass is 35.5. The van der Waals surface area contributed by atoms with E-state index in [1.54, 1.807) is 0 Å². The Hall–Kier alpha value is -0.570. The summed E-state index contributed by atoms with van der Waals surface area (Å²) < 4.78 is 4.68. The number of hydrogen-bond acceptors (Lipinski definition) is 3. The number of ether oxygens (including phenoxy) is 1. The molecule has 1 rings (SSSR count). The summed E-state index contributed by atoms with van der Waals surface area (Å²) >= 11 is 5.50. The molecule has 3 nitrogen and oxygen atoms in total. The zero-order valence-corrected chi connectivity index (χ0v) is 9.05. The van der Waals surface area contributed by atoms with E-state index >= 15 is 0 Å². The molecule has 1 aliphatic carbocycles. The fraction of sp³-hybridized carbons (Fsp3) is 0.800. The summed E-state index contributed by atoms with van der Waals surface area (Å²) in [6, 6.07) is 0. The van der Waals surface area contributed by atoms with Crippen LogP contribution in [0.2, 0.25) is 0 Å². The van der Waals surface area contributed by atoms with Crippen molar-refractivity contribution in [2.24, 2.45) is 11.8 Å². The molecule has 0 heterocycles. The first-order valence-corrected chi connectivity index (χ1v) is 5.40. The Morgan fingerprint density at radius 2 is 1.86 bits per heavy atom. The number of carbonyl (C=O) groups excluding carboxylic acids is 2. The van der Waals surface area contributed by atoms with Crippen LogP contribution in [-0.4, -0.2) is 24.7 Å². The molecule has 0 saturated heterocycles. The number of ketones is 1. The molecule has 1 aliphatic rings. The standard InChI is InChI=1S/C10H15ClO3/c1-14-10(13)8-5-3-2-4-7(8)9(12)6-11/h7-8H,2-6H2,1H3. The summed E-state index contributed by atoms with van der Waals surface area (Å²) in [7, 11) is 1.36. The Bertz CT molecular complexity index is 203. The Morgan fingerprint density at radius 1 is 1.29 bits per heavy atom. The summed E-state index contributed by atoms with van der Waals surface area (Å²) in [4.78, 5) is 22.8. The maximum atomic E-state index is 11.5. The van der Waals surface area contributed by atoms with Crippen molar-refractivity contribution in [3.63, 3.8) is 0 Å². The van der Waals surface area contributed by atoms with Gasteiger partial charge in [-0.2, -0.15) is 0 Å². The zero-order valence-electron chi connectivity index (χ0n) is 8.29. The summed E-state index contributed by atoms with van der Waals surface area (Å²) in [6.07, 6.45) is 3.51. The lowest BCUT2D eigenvalue weighted by atomic mass is 9.77. The van der Waals surface area contributed by atoms with Crippen LogP contribution in [0.5, 0.6) is 0 Å². The van der Waals surface area contributed by atoms with Gasteiger partial charge in [-0.05, 0) is 12.8 Å².